The zero-order valence-corrected chi connectivity index (χ0v) is 14.5. The van der Waals surface area contributed by atoms with Crippen molar-refractivity contribution >= 4 is 17.6 Å². The van der Waals surface area contributed by atoms with Gasteiger partial charge in [-0.05, 0) is 43.5 Å². The minimum absolute atomic E-state index is 0.149. The van der Waals surface area contributed by atoms with E-state index in [0.717, 1.165) is 24.1 Å². The van der Waals surface area contributed by atoms with E-state index in [2.05, 4.69) is 16.0 Å². The maximum Gasteiger partial charge on any atom is 0.319 e. The van der Waals surface area contributed by atoms with Gasteiger partial charge in [-0.15, -0.1) is 0 Å². The molecule has 6 nitrogen and oxygen atoms in total. The number of carbonyl (C=O) groups is 2. The van der Waals surface area contributed by atoms with E-state index in [0.29, 0.717) is 23.8 Å². The number of carbonyl (C=O) groups excluding carboxylic acids is 2. The lowest BCUT2D eigenvalue weighted by molar-refractivity contribution is 0.0938. The Morgan fingerprint density at radius 2 is 1.92 bits per heavy atom. The smallest absolute Gasteiger partial charge is 0.319 e. The van der Waals surface area contributed by atoms with Gasteiger partial charge in [0.1, 0.15) is 5.76 Å². The van der Waals surface area contributed by atoms with Crippen LogP contribution in [0.4, 0.5) is 10.5 Å². The van der Waals surface area contributed by atoms with E-state index in [1.165, 1.54) is 6.26 Å². The first kappa shape index (κ1) is 17.1. The van der Waals surface area contributed by atoms with Crippen molar-refractivity contribution in [3.8, 4) is 0 Å². The molecule has 0 spiro atoms. The van der Waals surface area contributed by atoms with E-state index in [-0.39, 0.29) is 18.0 Å². The van der Waals surface area contributed by atoms with Crippen molar-refractivity contribution in [3.63, 3.8) is 0 Å². The highest BCUT2D eigenvalue weighted by Crippen LogP contribution is 2.20. The fourth-order valence-corrected chi connectivity index (χ4v) is 2.61. The summed E-state index contributed by atoms with van der Waals surface area (Å²) in [5.41, 5.74) is 2.26. The molecule has 1 aliphatic carbocycles. The second-order valence-electron chi connectivity index (χ2n) is 6.30. The van der Waals surface area contributed by atoms with E-state index in [1.54, 1.807) is 6.07 Å². The van der Waals surface area contributed by atoms with Crippen LogP contribution in [0, 0.1) is 0 Å². The van der Waals surface area contributed by atoms with Gasteiger partial charge in [-0.25, -0.2) is 4.79 Å². The van der Waals surface area contributed by atoms with Crippen molar-refractivity contribution in [2.75, 3.05) is 5.32 Å². The Hall–Kier alpha value is -2.76. The van der Waals surface area contributed by atoms with Crippen molar-refractivity contribution in [2.24, 2.45) is 0 Å². The Kier molecular flexibility index (Phi) is 5.07. The van der Waals surface area contributed by atoms with Gasteiger partial charge in [-0.1, -0.05) is 19.1 Å². The Bertz CT molecular complexity index is 748. The number of amides is 3. The first-order valence-electron chi connectivity index (χ1n) is 8.61. The van der Waals surface area contributed by atoms with Crippen molar-refractivity contribution in [1.29, 1.82) is 0 Å². The van der Waals surface area contributed by atoms with Crippen LogP contribution in [-0.4, -0.2) is 18.0 Å². The van der Waals surface area contributed by atoms with Gasteiger partial charge in [0.25, 0.3) is 5.91 Å². The normalized spacial score (nSPS) is 14.6. The maximum absolute atomic E-state index is 12.4. The number of furan rings is 1. The monoisotopic (exact) mass is 341 g/mol. The van der Waals surface area contributed by atoms with Crippen LogP contribution in [0.25, 0.3) is 0 Å². The molecule has 1 heterocycles. The van der Waals surface area contributed by atoms with Crippen molar-refractivity contribution in [1.82, 2.24) is 10.6 Å². The number of hydrogen-bond donors (Lipinski definition) is 3. The summed E-state index contributed by atoms with van der Waals surface area (Å²) in [6.07, 6.45) is 4.32. The molecule has 3 N–H and O–H groups in total. The molecule has 6 heteroatoms. The van der Waals surface area contributed by atoms with E-state index in [4.69, 9.17) is 4.42 Å². The number of nitrogens with one attached hydrogen (secondary N) is 3. The summed E-state index contributed by atoms with van der Waals surface area (Å²) in [6.45, 7) is 3.87. The Morgan fingerprint density at radius 3 is 2.56 bits per heavy atom. The molecule has 1 aromatic heterocycles. The molecule has 3 amide bonds. The summed E-state index contributed by atoms with van der Waals surface area (Å²) in [6, 6.07) is 9.14. The standard InChI is InChI=1S/C19H23N3O3/c1-3-17-16(10-11-25-17)18(23)20-12(2)13-4-6-14(7-5-13)21-19(24)22-15-8-9-15/h4-7,10-12,15H,3,8-9H2,1-2H3,(H,20,23)(H2,21,22,24)/t12-/m0/s1. The van der Waals surface area contributed by atoms with Crippen LogP contribution < -0.4 is 16.0 Å². The largest absolute Gasteiger partial charge is 0.469 e. The molecule has 1 aromatic carbocycles. The first-order valence-corrected chi connectivity index (χ1v) is 8.61. The number of urea groups is 1. The predicted molar refractivity (Wildman–Crippen MR) is 95.6 cm³/mol. The lowest BCUT2D eigenvalue weighted by Crippen LogP contribution is -2.30. The summed E-state index contributed by atoms with van der Waals surface area (Å²) in [5.74, 6) is 0.537. The summed E-state index contributed by atoms with van der Waals surface area (Å²) in [4.78, 5) is 24.1. The lowest BCUT2D eigenvalue weighted by Gasteiger charge is -2.15. The molecule has 0 unspecified atom stereocenters. The predicted octanol–water partition coefficient (Wildman–Crippen LogP) is 3.62. The highest BCUT2D eigenvalue weighted by atomic mass is 16.3. The molecule has 1 aliphatic rings. The van der Waals surface area contributed by atoms with Crippen LogP contribution in [-0.2, 0) is 6.42 Å². The molecule has 3 rings (SSSR count). The third kappa shape index (κ3) is 4.41. The minimum atomic E-state index is -0.177. The second-order valence-corrected chi connectivity index (χ2v) is 6.30. The zero-order valence-electron chi connectivity index (χ0n) is 14.5. The summed E-state index contributed by atoms with van der Waals surface area (Å²) in [5, 5.41) is 8.65. The van der Waals surface area contributed by atoms with Crippen LogP contribution in [0.1, 0.15) is 54.4 Å². The molecular formula is C19H23N3O3. The van der Waals surface area contributed by atoms with E-state index in [9.17, 15) is 9.59 Å². The molecular weight excluding hydrogens is 318 g/mol. The van der Waals surface area contributed by atoms with Crippen molar-refractivity contribution in [2.45, 2.75) is 45.2 Å². The molecule has 2 aromatic rings. The number of benzene rings is 1. The number of aryl methyl sites for hydroxylation is 1. The molecule has 1 fully saturated rings. The highest BCUT2D eigenvalue weighted by Gasteiger charge is 2.23. The summed E-state index contributed by atoms with van der Waals surface area (Å²) >= 11 is 0. The van der Waals surface area contributed by atoms with Gasteiger partial charge in [-0.2, -0.15) is 0 Å². The van der Waals surface area contributed by atoms with E-state index in [1.807, 2.05) is 38.1 Å². The number of anilines is 1. The van der Waals surface area contributed by atoms with Gasteiger partial charge in [0.15, 0.2) is 0 Å². The fourth-order valence-electron chi connectivity index (χ4n) is 2.61. The number of hydrogen-bond acceptors (Lipinski definition) is 3. The molecule has 0 aliphatic heterocycles. The average molecular weight is 341 g/mol. The van der Waals surface area contributed by atoms with Gasteiger partial charge in [-0.3, -0.25) is 4.79 Å². The highest BCUT2D eigenvalue weighted by molar-refractivity contribution is 5.95. The van der Waals surface area contributed by atoms with Crippen molar-refractivity contribution < 1.29 is 14.0 Å². The molecule has 0 radical (unpaired) electrons. The van der Waals surface area contributed by atoms with E-state index < -0.39 is 0 Å². The minimum Gasteiger partial charge on any atom is -0.469 e. The van der Waals surface area contributed by atoms with Crippen LogP contribution in [0.2, 0.25) is 0 Å². The van der Waals surface area contributed by atoms with Gasteiger partial charge in [0.05, 0.1) is 17.9 Å². The van der Waals surface area contributed by atoms with Crippen LogP contribution in [0.3, 0.4) is 0 Å². The SMILES string of the molecule is CCc1occc1C(=O)N[C@@H](C)c1ccc(NC(=O)NC2CC2)cc1. The topological polar surface area (TPSA) is 83.4 Å². The Balaban J connectivity index is 1.57. The molecule has 1 atom stereocenters. The zero-order chi connectivity index (χ0) is 17.8. The van der Waals surface area contributed by atoms with Crippen LogP contribution in [0.15, 0.2) is 41.0 Å². The summed E-state index contributed by atoms with van der Waals surface area (Å²) < 4.78 is 5.30. The van der Waals surface area contributed by atoms with Gasteiger partial charge >= 0.3 is 6.03 Å². The molecule has 1 saturated carbocycles. The molecule has 0 bridgehead atoms. The molecule has 25 heavy (non-hydrogen) atoms. The van der Waals surface area contributed by atoms with Crippen molar-refractivity contribution in [3.05, 3.63) is 53.5 Å². The van der Waals surface area contributed by atoms with Gasteiger partial charge in [0.2, 0.25) is 0 Å². The Labute approximate surface area is 147 Å². The quantitative estimate of drug-likeness (QED) is 0.750. The van der Waals surface area contributed by atoms with Gasteiger partial charge in [0, 0.05) is 18.2 Å². The lowest BCUT2D eigenvalue weighted by atomic mass is 10.1. The average Bonchev–Trinajstić information content (AvgIpc) is 3.27. The van der Waals surface area contributed by atoms with Crippen LogP contribution >= 0.6 is 0 Å². The first-order chi connectivity index (χ1) is 12.1. The second kappa shape index (κ2) is 7.42. The van der Waals surface area contributed by atoms with E-state index >= 15 is 0 Å². The third-order valence-electron chi connectivity index (χ3n) is 4.24. The van der Waals surface area contributed by atoms with Gasteiger partial charge < -0.3 is 20.4 Å². The molecule has 132 valence electrons. The van der Waals surface area contributed by atoms with Crippen LogP contribution in [0.5, 0.6) is 0 Å². The summed E-state index contributed by atoms with van der Waals surface area (Å²) in [7, 11) is 0. The molecule has 0 saturated heterocycles. The third-order valence-corrected chi connectivity index (χ3v) is 4.24. The number of rotatable bonds is 6. The fraction of sp³-hybridized carbons (Fsp3) is 0.368. The Morgan fingerprint density at radius 1 is 1.20 bits per heavy atom. The maximum atomic E-state index is 12.4.